The number of ether oxygens (including phenoxy) is 1. The zero-order valence-electron chi connectivity index (χ0n) is 8.38. The smallest absolute Gasteiger partial charge is 0.126 e. The summed E-state index contributed by atoms with van der Waals surface area (Å²) < 4.78 is 5.81. The lowest BCUT2D eigenvalue weighted by Crippen LogP contribution is -2.37. The summed E-state index contributed by atoms with van der Waals surface area (Å²) in [4.78, 5) is 0. The van der Waals surface area contributed by atoms with Gasteiger partial charge in [-0.1, -0.05) is 17.7 Å². The van der Waals surface area contributed by atoms with E-state index in [9.17, 15) is 0 Å². The number of rotatable bonds is 0. The van der Waals surface area contributed by atoms with Crippen LogP contribution in [-0.4, -0.2) is 5.60 Å². The van der Waals surface area contributed by atoms with E-state index in [0.717, 1.165) is 17.7 Å². The van der Waals surface area contributed by atoms with Crippen LogP contribution in [0.2, 0.25) is 5.02 Å². The average Bonchev–Trinajstić information content (AvgIpc) is 2.00. The summed E-state index contributed by atoms with van der Waals surface area (Å²) in [6.07, 6.45) is 0.795. The minimum atomic E-state index is -0.197. The molecule has 1 atom stereocenters. The maximum Gasteiger partial charge on any atom is 0.126 e. The van der Waals surface area contributed by atoms with Crippen molar-refractivity contribution in [1.29, 1.82) is 0 Å². The van der Waals surface area contributed by atoms with Crippen LogP contribution in [-0.2, 0) is 0 Å². The van der Waals surface area contributed by atoms with Crippen LogP contribution in [0, 0.1) is 0 Å². The first-order chi connectivity index (χ1) is 6.49. The predicted molar refractivity (Wildman–Crippen MR) is 57.7 cm³/mol. The Hall–Kier alpha value is -0.730. The first-order valence-electron chi connectivity index (χ1n) is 4.73. The van der Waals surface area contributed by atoms with Gasteiger partial charge < -0.3 is 10.5 Å². The Morgan fingerprint density at radius 2 is 2.21 bits per heavy atom. The Morgan fingerprint density at radius 3 is 2.93 bits per heavy atom. The van der Waals surface area contributed by atoms with Crippen molar-refractivity contribution in [3.63, 3.8) is 0 Å². The minimum absolute atomic E-state index is 0.0255. The fourth-order valence-electron chi connectivity index (χ4n) is 1.94. The standard InChI is InChI=1S/C11H14ClNO/c1-11(2)6-8(13)10-7(12)4-3-5-9(10)14-11/h3-5,8H,6,13H2,1-2H3/t8-/m0/s1. The van der Waals surface area contributed by atoms with Gasteiger partial charge in [-0.3, -0.25) is 0 Å². The average molecular weight is 212 g/mol. The molecule has 0 saturated carbocycles. The number of fused-ring (bicyclic) bond motifs is 1. The normalized spacial score (nSPS) is 23.9. The summed E-state index contributed by atoms with van der Waals surface area (Å²) in [5.74, 6) is 0.821. The van der Waals surface area contributed by atoms with Crippen molar-refractivity contribution in [3.05, 3.63) is 28.8 Å². The van der Waals surface area contributed by atoms with Gasteiger partial charge in [0.05, 0.1) is 0 Å². The van der Waals surface area contributed by atoms with E-state index in [0.29, 0.717) is 5.02 Å². The summed E-state index contributed by atoms with van der Waals surface area (Å²) in [5.41, 5.74) is 6.80. The fourth-order valence-corrected chi connectivity index (χ4v) is 2.24. The summed E-state index contributed by atoms with van der Waals surface area (Å²) in [5, 5.41) is 0.700. The van der Waals surface area contributed by atoms with Gasteiger partial charge in [0, 0.05) is 23.0 Å². The van der Waals surface area contributed by atoms with E-state index in [-0.39, 0.29) is 11.6 Å². The van der Waals surface area contributed by atoms with Gasteiger partial charge in [0.15, 0.2) is 0 Å². The molecule has 0 spiro atoms. The molecule has 2 rings (SSSR count). The predicted octanol–water partition coefficient (Wildman–Crippen LogP) is 2.90. The van der Waals surface area contributed by atoms with Crippen LogP contribution < -0.4 is 10.5 Å². The van der Waals surface area contributed by atoms with Crippen LogP contribution in [0.3, 0.4) is 0 Å². The third-order valence-electron chi connectivity index (χ3n) is 2.48. The largest absolute Gasteiger partial charge is 0.487 e. The molecule has 0 bridgehead atoms. The Bertz CT molecular complexity index is 362. The van der Waals surface area contributed by atoms with E-state index >= 15 is 0 Å². The fraction of sp³-hybridized carbons (Fsp3) is 0.455. The van der Waals surface area contributed by atoms with E-state index in [1.807, 2.05) is 32.0 Å². The highest BCUT2D eigenvalue weighted by Gasteiger charge is 2.32. The van der Waals surface area contributed by atoms with Gasteiger partial charge in [0.1, 0.15) is 11.4 Å². The molecule has 2 N–H and O–H groups in total. The molecule has 1 aliphatic rings. The molecule has 0 aliphatic carbocycles. The third-order valence-corrected chi connectivity index (χ3v) is 2.81. The molecule has 1 aliphatic heterocycles. The first kappa shape index (κ1) is 9.81. The van der Waals surface area contributed by atoms with Gasteiger partial charge in [0.2, 0.25) is 0 Å². The van der Waals surface area contributed by atoms with E-state index < -0.39 is 0 Å². The van der Waals surface area contributed by atoms with E-state index in [1.165, 1.54) is 0 Å². The number of hydrogen-bond donors (Lipinski definition) is 1. The van der Waals surface area contributed by atoms with Crippen molar-refractivity contribution in [3.8, 4) is 5.75 Å². The van der Waals surface area contributed by atoms with Crippen molar-refractivity contribution in [2.75, 3.05) is 0 Å². The molecule has 14 heavy (non-hydrogen) atoms. The molecule has 0 saturated heterocycles. The lowest BCUT2D eigenvalue weighted by molar-refractivity contribution is 0.0729. The SMILES string of the molecule is CC1(C)C[C@H](N)c2c(Cl)cccc2O1. The number of benzene rings is 1. The summed E-state index contributed by atoms with van der Waals surface area (Å²) in [6, 6.07) is 5.63. The second kappa shape index (κ2) is 3.14. The van der Waals surface area contributed by atoms with Crippen molar-refractivity contribution >= 4 is 11.6 Å². The van der Waals surface area contributed by atoms with E-state index in [1.54, 1.807) is 0 Å². The quantitative estimate of drug-likeness (QED) is 0.716. The first-order valence-corrected chi connectivity index (χ1v) is 5.10. The number of halogens is 1. The molecule has 1 aromatic carbocycles. The van der Waals surface area contributed by atoms with Gasteiger partial charge in [0.25, 0.3) is 0 Å². The molecule has 0 radical (unpaired) electrons. The number of nitrogens with two attached hydrogens (primary N) is 1. The van der Waals surface area contributed by atoms with E-state index in [4.69, 9.17) is 22.1 Å². The molecule has 0 amide bonds. The summed E-state index contributed by atoms with van der Waals surface area (Å²) in [6.45, 7) is 4.08. The Balaban J connectivity index is 2.50. The van der Waals surface area contributed by atoms with Crippen LogP contribution in [0.5, 0.6) is 5.75 Å². The Labute approximate surface area is 89.0 Å². The second-order valence-electron chi connectivity index (χ2n) is 4.32. The van der Waals surface area contributed by atoms with Crippen molar-refractivity contribution in [1.82, 2.24) is 0 Å². The lowest BCUT2D eigenvalue weighted by atomic mass is 9.90. The maximum absolute atomic E-state index is 6.07. The molecular weight excluding hydrogens is 198 g/mol. The molecule has 0 aromatic heterocycles. The highest BCUT2D eigenvalue weighted by Crippen LogP contribution is 2.41. The topological polar surface area (TPSA) is 35.2 Å². The van der Waals surface area contributed by atoms with Crippen LogP contribution in [0.25, 0.3) is 0 Å². The molecule has 2 nitrogen and oxygen atoms in total. The van der Waals surface area contributed by atoms with Crippen molar-refractivity contribution in [2.24, 2.45) is 5.73 Å². The highest BCUT2D eigenvalue weighted by atomic mass is 35.5. The van der Waals surface area contributed by atoms with Crippen LogP contribution >= 0.6 is 11.6 Å². The molecule has 0 fully saturated rings. The third kappa shape index (κ3) is 1.60. The molecule has 1 heterocycles. The van der Waals surface area contributed by atoms with Gasteiger partial charge >= 0.3 is 0 Å². The lowest BCUT2D eigenvalue weighted by Gasteiger charge is -2.36. The number of hydrogen-bond acceptors (Lipinski definition) is 2. The van der Waals surface area contributed by atoms with Crippen LogP contribution in [0.15, 0.2) is 18.2 Å². The van der Waals surface area contributed by atoms with Crippen LogP contribution in [0.1, 0.15) is 31.9 Å². The molecule has 0 unspecified atom stereocenters. The maximum atomic E-state index is 6.07. The van der Waals surface area contributed by atoms with Gasteiger partial charge in [-0.15, -0.1) is 0 Å². The molecule has 1 aromatic rings. The van der Waals surface area contributed by atoms with Gasteiger partial charge in [-0.2, -0.15) is 0 Å². The van der Waals surface area contributed by atoms with E-state index in [2.05, 4.69) is 0 Å². The van der Waals surface area contributed by atoms with Gasteiger partial charge in [-0.05, 0) is 26.0 Å². The van der Waals surface area contributed by atoms with Crippen molar-refractivity contribution in [2.45, 2.75) is 31.9 Å². The minimum Gasteiger partial charge on any atom is -0.487 e. The zero-order chi connectivity index (χ0) is 10.3. The Morgan fingerprint density at radius 1 is 1.50 bits per heavy atom. The van der Waals surface area contributed by atoms with Crippen molar-refractivity contribution < 1.29 is 4.74 Å². The zero-order valence-corrected chi connectivity index (χ0v) is 9.14. The van der Waals surface area contributed by atoms with Gasteiger partial charge in [-0.25, -0.2) is 0 Å². The highest BCUT2D eigenvalue weighted by molar-refractivity contribution is 6.31. The second-order valence-corrected chi connectivity index (χ2v) is 4.73. The Kier molecular flexibility index (Phi) is 2.20. The van der Waals surface area contributed by atoms with Crippen LogP contribution in [0.4, 0.5) is 0 Å². The summed E-state index contributed by atoms with van der Waals surface area (Å²) in [7, 11) is 0. The monoisotopic (exact) mass is 211 g/mol. The molecular formula is C11H14ClNO. The molecule has 76 valence electrons. The summed E-state index contributed by atoms with van der Waals surface area (Å²) >= 11 is 6.07. The molecule has 3 heteroatoms.